The van der Waals surface area contributed by atoms with Gasteiger partial charge >= 0.3 is 0 Å². The Bertz CT molecular complexity index is 817. The summed E-state index contributed by atoms with van der Waals surface area (Å²) in [6, 6.07) is 12.5. The van der Waals surface area contributed by atoms with Crippen molar-refractivity contribution in [1.29, 1.82) is 0 Å². The second-order valence-electron chi connectivity index (χ2n) is 5.76. The third-order valence-electron chi connectivity index (χ3n) is 3.94. The molecule has 3 rings (SSSR count). The Kier molecular flexibility index (Phi) is 5.55. The second-order valence-corrected chi connectivity index (χ2v) is 6.81. The van der Waals surface area contributed by atoms with Crippen LogP contribution in [0.3, 0.4) is 0 Å². The van der Waals surface area contributed by atoms with E-state index < -0.39 is 0 Å². The lowest BCUT2D eigenvalue weighted by molar-refractivity contribution is -0.116. The van der Waals surface area contributed by atoms with Gasteiger partial charge in [-0.25, -0.2) is 0 Å². The molecule has 2 aromatic rings. The van der Waals surface area contributed by atoms with Crippen LogP contribution in [0.4, 0.5) is 10.5 Å². The first-order valence-electron chi connectivity index (χ1n) is 8.08. The Morgan fingerprint density at radius 3 is 2.60 bits per heavy atom. The highest BCUT2D eigenvalue weighted by molar-refractivity contribution is 8.13. The van der Waals surface area contributed by atoms with E-state index in [4.69, 9.17) is 0 Å². The zero-order chi connectivity index (χ0) is 17.6. The maximum atomic E-state index is 12.0. The van der Waals surface area contributed by atoms with Gasteiger partial charge in [-0.2, -0.15) is 0 Å². The van der Waals surface area contributed by atoms with Crippen LogP contribution in [0, 0.1) is 0 Å². The molecule has 1 aromatic carbocycles. The highest BCUT2D eigenvalue weighted by Gasteiger charge is 2.21. The van der Waals surface area contributed by atoms with Gasteiger partial charge < -0.3 is 14.8 Å². The largest absolute Gasteiger partial charge is 0.332 e. The molecule has 0 radical (unpaired) electrons. The van der Waals surface area contributed by atoms with E-state index >= 15 is 0 Å². The fraction of sp³-hybridized carbons (Fsp3) is 0.278. The minimum atomic E-state index is -0.114. The summed E-state index contributed by atoms with van der Waals surface area (Å²) in [5.41, 5.74) is 1.64. The minimum Gasteiger partial charge on any atom is -0.332 e. The van der Waals surface area contributed by atoms with Gasteiger partial charge in [-0.15, -0.1) is 0 Å². The molecule has 1 saturated heterocycles. The van der Waals surface area contributed by atoms with Gasteiger partial charge in [-0.05, 0) is 23.8 Å². The number of amides is 2. The average molecular weight is 357 g/mol. The highest BCUT2D eigenvalue weighted by atomic mass is 32.2. The molecule has 130 valence electrons. The summed E-state index contributed by atoms with van der Waals surface area (Å²) < 4.78 is 1.62. The van der Waals surface area contributed by atoms with Crippen LogP contribution in [0.5, 0.6) is 0 Å². The highest BCUT2D eigenvalue weighted by Crippen LogP contribution is 2.17. The van der Waals surface area contributed by atoms with Crippen molar-refractivity contribution in [1.82, 2.24) is 9.47 Å². The van der Waals surface area contributed by atoms with Crippen LogP contribution in [-0.2, 0) is 11.3 Å². The fourth-order valence-corrected chi connectivity index (χ4v) is 3.42. The molecule has 1 aromatic heterocycles. The summed E-state index contributed by atoms with van der Waals surface area (Å²) in [6.07, 6.45) is 2.03. The topological polar surface area (TPSA) is 71.4 Å². The normalized spacial score (nSPS) is 13.9. The standard InChI is InChI=1S/C18H19N3O3S/c22-16(8-10-20-11-12-25-18(20)24)19-15-6-4-14(5-7-15)13-21-9-2-1-3-17(21)23/h1-7,9H,8,10-13H2,(H,19,22). The van der Waals surface area contributed by atoms with E-state index in [1.807, 2.05) is 30.3 Å². The van der Waals surface area contributed by atoms with Crippen LogP contribution < -0.4 is 10.9 Å². The number of nitrogens with one attached hydrogen (secondary N) is 1. The van der Waals surface area contributed by atoms with Gasteiger partial charge in [0.2, 0.25) is 5.91 Å². The van der Waals surface area contributed by atoms with Crippen molar-refractivity contribution in [3.63, 3.8) is 0 Å². The molecule has 0 spiro atoms. The molecule has 25 heavy (non-hydrogen) atoms. The first-order valence-corrected chi connectivity index (χ1v) is 9.06. The van der Waals surface area contributed by atoms with Crippen molar-refractivity contribution in [2.75, 3.05) is 24.2 Å². The first-order chi connectivity index (χ1) is 12.1. The van der Waals surface area contributed by atoms with Crippen LogP contribution in [0.15, 0.2) is 53.5 Å². The van der Waals surface area contributed by atoms with Crippen molar-refractivity contribution >= 4 is 28.6 Å². The number of pyridine rings is 1. The number of anilines is 1. The number of carbonyl (C=O) groups excluding carboxylic acids is 2. The lowest BCUT2D eigenvalue weighted by atomic mass is 10.2. The Morgan fingerprint density at radius 1 is 1.12 bits per heavy atom. The number of hydrogen-bond donors (Lipinski definition) is 1. The lowest BCUT2D eigenvalue weighted by Gasteiger charge is -2.14. The second kappa shape index (κ2) is 8.02. The first kappa shape index (κ1) is 17.3. The molecule has 1 N–H and O–H groups in total. The number of nitrogens with zero attached hydrogens (tertiary/aromatic N) is 2. The molecule has 0 bridgehead atoms. The van der Waals surface area contributed by atoms with Crippen molar-refractivity contribution in [2.45, 2.75) is 13.0 Å². The quantitative estimate of drug-likeness (QED) is 0.862. The maximum absolute atomic E-state index is 12.0. The SMILES string of the molecule is O=C(CCN1CCSC1=O)Nc1ccc(Cn2ccccc2=O)cc1. The van der Waals surface area contributed by atoms with Gasteiger partial charge in [0.15, 0.2) is 0 Å². The molecule has 1 aliphatic heterocycles. The van der Waals surface area contributed by atoms with Gasteiger partial charge in [0, 0.05) is 43.2 Å². The molecular formula is C18H19N3O3S. The molecule has 0 atom stereocenters. The number of benzene rings is 1. The monoisotopic (exact) mass is 357 g/mol. The molecule has 0 aliphatic carbocycles. The third-order valence-corrected chi connectivity index (χ3v) is 4.84. The minimum absolute atomic E-state index is 0.0468. The van der Waals surface area contributed by atoms with Crippen LogP contribution >= 0.6 is 11.8 Å². The Labute approximate surface area is 149 Å². The average Bonchev–Trinajstić information content (AvgIpc) is 3.02. The van der Waals surface area contributed by atoms with Gasteiger partial charge in [0.05, 0.1) is 6.54 Å². The number of hydrogen-bond acceptors (Lipinski definition) is 4. The van der Waals surface area contributed by atoms with E-state index in [2.05, 4.69) is 5.32 Å². The molecule has 1 aliphatic rings. The van der Waals surface area contributed by atoms with Crippen molar-refractivity contribution in [3.05, 3.63) is 64.6 Å². The summed E-state index contributed by atoms with van der Waals surface area (Å²) in [6.45, 7) is 1.65. The van der Waals surface area contributed by atoms with Crippen LogP contribution in [0.1, 0.15) is 12.0 Å². The predicted octanol–water partition coefficient (Wildman–Crippen LogP) is 2.39. The molecule has 1 fully saturated rings. The Morgan fingerprint density at radius 2 is 1.92 bits per heavy atom. The van der Waals surface area contributed by atoms with E-state index in [-0.39, 0.29) is 23.1 Å². The van der Waals surface area contributed by atoms with Gasteiger partial charge in [-0.1, -0.05) is 30.0 Å². The predicted molar refractivity (Wildman–Crippen MR) is 98.9 cm³/mol. The molecule has 7 heteroatoms. The molecule has 0 saturated carbocycles. The summed E-state index contributed by atoms with van der Waals surface area (Å²) in [5.74, 6) is 0.684. The van der Waals surface area contributed by atoms with E-state index in [1.165, 1.54) is 17.8 Å². The van der Waals surface area contributed by atoms with Gasteiger partial charge in [0.1, 0.15) is 0 Å². The van der Waals surface area contributed by atoms with Crippen LogP contribution in [0.2, 0.25) is 0 Å². The summed E-state index contributed by atoms with van der Waals surface area (Å²) >= 11 is 1.30. The molecule has 6 nitrogen and oxygen atoms in total. The zero-order valence-corrected chi connectivity index (χ0v) is 14.5. The molecule has 2 heterocycles. The smallest absolute Gasteiger partial charge is 0.281 e. The van der Waals surface area contributed by atoms with Gasteiger partial charge in [0.25, 0.3) is 10.8 Å². The van der Waals surface area contributed by atoms with E-state index in [0.717, 1.165) is 11.3 Å². The summed E-state index contributed by atoms with van der Waals surface area (Å²) in [7, 11) is 0. The third kappa shape index (κ3) is 4.73. The lowest BCUT2D eigenvalue weighted by Crippen LogP contribution is -2.27. The van der Waals surface area contributed by atoms with E-state index in [0.29, 0.717) is 25.3 Å². The summed E-state index contributed by atoms with van der Waals surface area (Å²) in [5, 5.41) is 2.88. The number of rotatable bonds is 6. The molecular weight excluding hydrogens is 338 g/mol. The Hall–Kier alpha value is -2.54. The van der Waals surface area contributed by atoms with Crippen molar-refractivity contribution < 1.29 is 9.59 Å². The van der Waals surface area contributed by atoms with Crippen molar-refractivity contribution in [2.24, 2.45) is 0 Å². The van der Waals surface area contributed by atoms with Crippen molar-refractivity contribution in [3.8, 4) is 0 Å². The van der Waals surface area contributed by atoms with E-state index in [1.54, 1.807) is 21.7 Å². The van der Waals surface area contributed by atoms with Crippen LogP contribution in [-0.4, -0.2) is 39.5 Å². The Balaban J connectivity index is 1.52. The number of aromatic nitrogens is 1. The number of carbonyl (C=O) groups is 2. The van der Waals surface area contributed by atoms with E-state index in [9.17, 15) is 14.4 Å². The molecule has 2 amide bonds. The maximum Gasteiger partial charge on any atom is 0.281 e. The molecule has 0 unspecified atom stereocenters. The summed E-state index contributed by atoms with van der Waals surface area (Å²) in [4.78, 5) is 36.9. The number of thioether (sulfide) groups is 1. The van der Waals surface area contributed by atoms with Crippen LogP contribution in [0.25, 0.3) is 0 Å². The fourth-order valence-electron chi connectivity index (χ4n) is 2.57. The van der Waals surface area contributed by atoms with Gasteiger partial charge in [-0.3, -0.25) is 14.4 Å². The zero-order valence-electron chi connectivity index (χ0n) is 13.7.